The highest BCUT2D eigenvalue weighted by Gasteiger charge is 2.44. The predicted molar refractivity (Wildman–Crippen MR) is 188 cm³/mol. The van der Waals surface area contributed by atoms with E-state index in [1.807, 2.05) is 39.8 Å². The van der Waals surface area contributed by atoms with Crippen LogP contribution in [0.1, 0.15) is 98.1 Å². The number of nitrogens with zero attached hydrogens (tertiary/aromatic N) is 1. The molecule has 2 amide bonds. The molecule has 0 bridgehead atoms. The van der Waals surface area contributed by atoms with Crippen molar-refractivity contribution in [3.8, 4) is 16.9 Å². The molecule has 6 rings (SSSR count). The molecule has 0 saturated carbocycles. The van der Waals surface area contributed by atoms with Crippen LogP contribution in [0.5, 0.6) is 5.75 Å². The number of ether oxygens (including phenoxy) is 4. The van der Waals surface area contributed by atoms with Crippen molar-refractivity contribution in [1.82, 2.24) is 15.5 Å². The Morgan fingerprint density at radius 2 is 1.75 bits per heavy atom. The van der Waals surface area contributed by atoms with Gasteiger partial charge in [-0.3, -0.25) is 19.2 Å². The lowest BCUT2D eigenvalue weighted by atomic mass is 9.84. The van der Waals surface area contributed by atoms with E-state index in [4.69, 9.17) is 18.9 Å². The highest BCUT2D eigenvalue weighted by Crippen LogP contribution is 2.41. The van der Waals surface area contributed by atoms with E-state index in [0.717, 1.165) is 28.7 Å². The van der Waals surface area contributed by atoms with E-state index in [-0.39, 0.29) is 42.4 Å². The Balaban J connectivity index is 1.10. The third-order valence-electron chi connectivity index (χ3n) is 10.9. The van der Waals surface area contributed by atoms with Crippen LogP contribution in [0, 0.1) is 5.92 Å². The lowest BCUT2D eigenvalue weighted by Crippen LogP contribution is -2.56. The number of likely N-dealkylation sites (tertiary alicyclic amines) is 1. The quantitative estimate of drug-likeness (QED) is 0.204. The second kappa shape index (κ2) is 15.4. The summed E-state index contributed by atoms with van der Waals surface area (Å²) in [4.78, 5) is 79.7. The summed E-state index contributed by atoms with van der Waals surface area (Å²) in [7, 11) is 1.22. The topological polar surface area (TPSA) is 167 Å². The Labute approximate surface area is 303 Å². The SMILES string of the molecule is CC[C@H](C)[C@H](NC(=O)OC)C(=O)N1[C@@H](C)CC[C@H]1C(=O)OCC(=O)c1ccc2c(c1)COc1cc3c(cc1-2)CCC(OC(=O)[C@@H]1CC[C@H](C)N1)C3=O. The number of esters is 2. The number of Topliss-reactive ketones (excluding diaryl/α,β-unsaturated/α-hetero) is 2. The second-order valence-corrected chi connectivity index (χ2v) is 14.4. The number of aryl methyl sites for hydroxylation is 1. The Bertz CT molecular complexity index is 1770. The van der Waals surface area contributed by atoms with Gasteiger partial charge in [-0.1, -0.05) is 32.4 Å². The van der Waals surface area contributed by atoms with E-state index in [9.17, 15) is 28.8 Å². The van der Waals surface area contributed by atoms with Crippen molar-refractivity contribution in [1.29, 1.82) is 0 Å². The van der Waals surface area contributed by atoms with Crippen molar-refractivity contribution in [2.45, 2.75) is 116 Å². The lowest BCUT2D eigenvalue weighted by molar-refractivity contribution is -0.154. The molecule has 1 unspecified atom stereocenters. The molecule has 7 atom stereocenters. The molecule has 52 heavy (non-hydrogen) atoms. The Kier molecular flexibility index (Phi) is 11.0. The first kappa shape index (κ1) is 37.0. The van der Waals surface area contributed by atoms with E-state index in [1.54, 1.807) is 18.2 Å². The maximum Gasteiger partial charge on any atom is 0.407 e. The first-order valence-corrected chi connectivity index (χ1v) is 18.2. The van der Waals surface area contributed by atoms with Crippen LogP contribution in [0.3, 0.4) is 0 Å². The molecule has 2 N–H and O–H groups in total. The van der Waals surface area contributed by atoms with Crippen LogP contribution in [0.25, 0.3) is 11.1 Å². The Morgan fingerprint density at radius 3 is 2.46 bits per heavy atom. The van der Waals surface area contributed by atoms with Crippen LogP contribution in [-0.2, 0) is 41.6 Å². The van der Waals surface area contributed by atoms with Crippen LogP contribution in [0.15, 0.2) is 30.3 Å². The molecule has 13 heteroatoms. The smallest absolute Gasteiger partial charge is 0.407 e. The number of alkyl carbamates (subject to hydrolysis) is 1. The number of hydrogen-bond donors (Lipinski definition) is 2. The zero-order valence-electron chi connectivity index (χ0n) is 30.3. The molecule has 2 aromatic carbocycles. The van der Waals surface area contributed by atoms with Gasteiger partial charge in [-0.2, -0.15) is 0 Å². The van der Waals surface area contributed by atoms with Crippen molar-refractivity contribution >= 4 is 35.5 Å². The minimum Gasteiger partial charge on any atom is -0.488 e. The van der Waals surface area contributed by atoms with Gasteiger partial charge in [0.15, 0.2) is 18.5 Å². The molecule has 0 radical (unpaired) electrons. The highest BCUT2D eigenvalue weighted by molar-refractivity contribution is 6.04. The van der Waals surface area contributed by atoms with Crippen molar-refractivity contribution in [3.63, 3.8) is 0 Å². The predicted octanol–water partition coefficient (Wildman–Crippen LogP) is 4.30. The number of nitrogens with one attached hydrogen (secondary N) is 2. The molecular weight excluding hydrogens is 670 g/mol. The minimum absolute atomic E-state index is 0.161. The monoisotopic (exact) mass is 717 g/mol. The number of hydrogen-bond acceptors (Lipinski definition) is 11. The molecule has 0 aromatic heterocycles. The van der Waals surface area contributed by atoms with E-state index in [0.29, 0.717) is 55.4 Å². The number of carbonyl (C=O) groups excluding carboxylic acids is 6. The van der Waals surface area contributed by atoms with Crippen LogP contribution in [0.2, 0.25) is 0 Å². The van der Waals surface area contributed by atoms with E-state index in [2.05, 4.69) is 10.6 Å². The highest BCUT2D eigenvalue weighted by atomic mass is 16.6. The standard InChI is InChI=1S/C39H47N3O10/c1-6-20(2)34(41-39(48)49-5)36(45)42-22(4)8-13-30(42)38(47)51-19-31(43)24-9-11-26-25(15-24)18-50-33-17-27-23(16-28(26)33)10-14-32(35(27)44)52-37(46)29-12-7-21(3)40-29/h9,11,15-17,20-22,29-30,32,34,40H,6-8,10,12-14,18-19H2,1-5H3,(H,41,48)/t20-,21-,22-,29-,30-,32?,34-/m0/s1. The number of carbonyl (C=O) groups is 6. The molecule has 3 heterocycles. The summed E-state index contributed by atoms with van der Waals surface area (Å²) in [5.41, 5.74) is 4.11. The fourth-order valence-corrected chi connectivity index (χ4v) is 7.67. The normalized spacial score (nSPS) is 24.4. The number of fused-ring (bicyclic) bond motifs is 4. The number of ketones is 2. The van der Waals surface area contributed by atoms with Gasteiger partial charge in [0.25, 0.3) is 0 Å². The van der Waals surface area contributed by atoms with Crippen molar-refractivity contribution in [2.75, 3.05) is 13.7 Å². The summed E-state index contributed by atoms with van der Waals surface area (Å²) in [5, 5.41) is 5.82. The molecular formula is C39H47N3O10. The lowest BCUT2D eigenvalue weighted by Gasteiger charge is -2.33. The van der Waals surface area contributed by atoms with Gasteiger partial charge in [0.05, 0.1) is 7.11 Å². The van der Waals surface area contributed by atoms with Gasteiger partial charge >= 0.3 is 18.0 Å². The minimum atomic E-state index is -0.886. The maximum atomic E-state index is 13.6. The van der Waals surface area contributed by atoms with Gasteiger partial charge in [-0.25, -0.2) is 9.59 Å². The molecule has 13 nitrogen and oxygen atoms in total. The summed E-state index contributed by atoms with van der Waals surface area (Å²) >= 11 is 0. The molecule has 278 valence electrons. The maximum absolute atomic E-state index is 13.6. The molecule has 2 saturated heterocycles. The van der Waals surface area contributed by atoms with Gasteiger partial charge in [-0.15, -0.1) is 0 Å². The van der Waals surface area contributed by atoms with Crippen LogP contribution in [-0.4, -0.2) is 90.4 Å². The third-order valence-corrected chi connectivity index (χ3v) is 10.9. The van der Waals surface area contributed by atoms with Gasteiger partial charge in [0.1, 0.15) is 30.5 Å². The van der Waals surface area contributed by atoms with Crippen molar-refractivity contribution < 1.29 is 47.7 Å². The van der Waals surface area contributed by atoms with Crippen LogP contribution >= 0.6 is 0 Å². The zero-order chi connectivity index (χ0) is 37.3. The fraction of sp³-hybridized carbons (Fsp3) is 0.538. The third kappa shape index (κ3) is 7.41. The summed E-state index contributed by atoms with van der Waals surface area (Å²) in [6, 6.07) is 6.69. The Morgan fingerprint density at radius 1 is 0.962 bits per heavy atom. The largest absolute Gasteiger partial charge is 0.488 e. The van der Waals surface area contributed by atoms with Crippen LogP contribution < -0.4 is 15.4 Å². The molecule has 0 spiro atoms. The number of amides is 2. The van der Waals surface area contributed by atoms with E-state index < -0.39 is 48.5 Å². The van der Waals surface area contributed by atoms with Crippen molar-refractivity contribution in [2.24, 2.45) is 5.92 Å². The van der Waals surface area contributed by atoms with Gasteiger partial charge in [0.2, 0.25) is 11.7 Å². The summed E-state index contributed by atoms with van der Waals surface area (Å²) in [5.74, 6) is -1.78. The zero-order valence-corrected chi connectivity index (χ0v) is 30.3. The average Bonchev–Trinajstić information content (AvgIpc) is 3.77. The van der Waals surface area contributed by atoms with E-state index >= 15 is 0 Å². The molecule has 2 aromatic rings. The summed E-state index contributed by atoms with van der Waals surface area (Å²) in [6.07, 6.45) is 2.52. The molecule has 3 aliphatic heterocycles. The summed E-state index contributed by atoms with van der Waals surface area (Å²) in [6.45, 7) is 7.26. The van der Waals surface area contributed by atoms with Crippen LogP contribution in [0.4, 0.5) is 4.79 Å². The van der Waals surface area contributed by atoms with E-state index in [1.165, 1.54) is 12.0 Å². The molecule has 2 fully saturated rings. The fourth-order valence-electron chi connectivity index (χ4n) is 7.67. The summed E-state index contributed by atoms with van der Waals surface area (Å²) < 4.78 is 21.9. The van der Waals surface area contributed by atoms with Gasteiger partial charge in [0, 0.05) is 28.8 Å². The average molecular weight is 718 g/mol. The first-order valence-electron chi connectivity index (χ1n) is 18.2. The number of benzene rings is 2. The number of methoxy groups -OCH3 is 1. The van der Waals surface area contributed by atoms with Gasteiger partial charge in [-0.05, 0) is 93.2 Å². The number of rotatable bonds is 10. The first-order chi connectivity index (χ1) is 24.9. The van der Waals surface area contributed by atoms with Crippen molar-refractivity contribution in [3.05, 3.63) is 52.6 Å². The van der Waals surface area contributed by atoms with Gasteiger partial charge < -0.3 is 34.5 Å². The molecule has 4 aliphatic rings. The second-order valence-electron chi connectivity index (χ2n) is 14.4. The molecule has 1 aliphatic carbocycles. The Hall–Kier alpha value is -4.78.